The molecule has 1 amide bonds. The predicted molar refractivity (Wildman–Crippen MR) is 59.7 cm³/mol. The zero-order chi connectivity index (χ0) is 11.3. The standard InChI is InChI=1S/C10H17NO3S/c1-14-10(13)8(5-6-15-2)11-9(12)7-3-4-7/h7-8H,3-6H2,1-2H3,(H,11,12)/t8-/m0/s1. The van der Waals surface area contributed by atoms with Crippen LogP contribution in [0.25, 0.3) is 0 Å². The van der Waals surface area contributed by atoms with Crippen LogP contribution in [0.4, 0.5) is 0 Å². The summed E-state index contributed by atoms with van der Waals surface area (Å²) >= 11 is 1.65. The van der Waals surface area contributed by atoms with E-state index in [1.54, 1.807) is 11.8 Å². The molecule has 1 rings (SSSR count). The van der Waals surface area contributed by atoms with E-state index < -0.39 is 6.04 Å². The number of amides is 1. The van der Waals surface area contributed by atoms with Crippen LogP contribution in [0.5, 0.6) is 0 Å². The number of hydrogen-bond acceptors (Lipinski definition) is 4. The van der Waals surface area contributed by atoms with E-state index in [0.29, 0.717) is 6.42 Å². The van der Waals surface area contributed by atoms with Gasteiger partial charge in [-0.3, -0.25) is 4.79 Å². The first-order valence-corrected chi connectivity index (χ1v) is 6.45. The molecule has 0 aromatic heterocycles. The fraction of sp³-hybridized carbons (Fsp3) is 0.800. The van der Waals surface area contributed by atoms with Crippen molar-refractivity contribution in [1.82, 2.24) is 5.32 Å². The molecule has 0 heterocycles. The van der Waals surface area contributed by atoms with Crippen LogP contribution in [0, 0.1) is 5.92 Å². The molecule has 0 aromatic carbocycles. The zero-order valence-corrected chi connectivity index (χ0v) is 9.93. The summed E-state index contributed by atoms with van der Waals surface area (Å²) in [6, 6.07) is -0.476. The first-order chi connectivity index (χ1) is 7.19. The third-order valence-electron chi connectivity index (χ3n) is 2.36. The Hall–Kier alpha value is -0.710. The van der Waals surface area contributed by atoms with Gasteiger partial charge in [0.25, 0.3) is 0 Å². The Morgan fingerprint density at radius 1 is 1.53 bits per heavy atom. The Kier molecular flexibility index (Phi) is 4.94. The molecule has 0 radical (unpaired) electrons. The topological polar surface area (TPSA) is 55.4 Å². The molecule has 1 aliphatic carbocycles. The number of ether oxygens (including phenoxy) is 1. The van der Waals surface area contributed by atoms with Crippen LogP contribution in [0.3, 0.4) is 0 Å². The molecular formula is C10H17NO3S. The highest BCUT2D eigenvalue weighted by molar-refractivity contribution is 7.98. The summed E-state index contributed by atoms with van der Waals surface area (Å²) in [5.41, 5.74) is 0. The molecular weight excluding hydrogens is 214 g/mol. The summed E-state index contributed by atoms with van der Waals surface area (Å²) in [4.78, 5) is 22.8. The molecule has 15 heavy (non-hydrogen) atoms. The highest BCUT2D eigenvalue weighted by Crippen LogP contribution is 2.29. The lowest BCUT2D eigenvalue weighted by molar-refractivity contribution is -0.145. The monoisotopic (exact) mass is 231 g/mol. The van der Waals surface area contributed by atoms with E-state index >= 15 is 0 Å². The van der Waals surface area contributed by atoms with Crippen LogP contribution < -0.4 is 5.32 Å². The minimum Gasteiger partial charge on any atom is -0.467 e. The maximum Gasteiger partial charge on any atom is 0.328 e. The van der Waals surface area contributed by atoms with Gasteiger partial charge in [-0.25, -0.2) is 4.79 Å². The molecule has 0 saturated heterocycles. The lowest BCUT2D eigenvalue weighted by atomic mass is 10.2. The molecule has 0 aromatic rings. The van der Waals surface area contributed by atoms with E-state index in [1.807, 2.05) is 6.26 Å². The lowest BCUT2D eigenvalue weighted by Crippen LogP contribution is -2.42. The van der Waals surface area contributed by atoms with Crippen molar-refractivity contribution in [2.24, 2.45) is 5.92 Å². The van der Waals surface area contributed by atoms with Crippen molar-refractivity contribution in [3.05, 3.63) is 0 Å². The van der Waals surface area contributed by atoms with E-state index in [0.717, 1.165) is 18.6 Å². The largest absolute Gasteiger partial charge is 0.467 e. The van der Waals surface area contributed by atoms with Crippen molar-refractivity contribution >= 4 is 23.6 Å². The first kappa shape index (κ1) is 12.4. The molecule has 5 heteroatoms. The van der Waals surface area contributed by atoms with Crippen LogP contribution in [-0.2, 0) is 14.3 Å². The number of carbonyl (C=O) groups excluding carboxylic acids is 2. The summed E-state index contributed by atoms with van der Waals surface area (Å²) < 4.78 is 4.65. The molecule has 0 unspecified atom stereocenters. The smallest absolute Gasteiger partial charge is 0.328 e. The number of esters is 1. The summed E-state index contributed by atoms with van der Waals surface area (Å²) in [7, 11) is 1.34. The van der Waals surface area contributed by atoms with Crippen molar-refractivity contribution in [3.8, 4) is 0 Å². The van der Waals surface area contributed by atoms with Gasteiger partial charge in [0.2, 0.25) is 5.91 Å². The van der Waals surface area contributed by atoms with Crippen molar-refractivity contribution < 1.29 is 14.3 Å². The summed E-state index contributed by atoms with van der Waals surface area (Å²) in [5, 5.41) is 2.74. The van der Waals surface area contributed by atoms with E-state index in [2.05, 4.69) is 10.1 Å². The van der Waals surface area contributed by atoms with Gasteiger partial charge in [-0.15, -0.1) is 0 Å². The number of carbonyl (C=O) groups is 2. The third-order valence-corrected chi connectivity index (χ3v) is 3.00. The second kappa shape index (κ2) is 6.00. The van der Waals surface area contributed by atoms with Crippen molar-refractivity contribution in [2.75, 3.05) is 19.1 Å². The number of thioether (sulfide) groups is 1. The van der Waals surface area contributed by atoms with Crippen LogP contribution in [0.1, 0.15) is 19.3 Å². The maximum absolute atomic E-state index is 11.5. The van der Waals surface area contributed by atoms with Gasteiger partial charge in [-0.2, -0.15) is 11.8 Å². The number of hydrogen-bond donors (Lipinski definition) is 1. The Bertz CT molecular complexity index is 241. The summed E-state index contributed by atoms with van der Waals surface area (Å²) in [6.45, 7) is 0. The minimum absolute atomic E-state index is 0.00787. The summed E-state index contributed by atoms with van der Waals surface area (Å²) in [5.74, 6) is 0.612. The molecule has 0 bridgehead atoms. The van der Waals surface area contributed by atoms with Gasteiger partial charge in [0, 0.05) is 5.92 Å². The number of nitrogens with one attached hydrogen (secondary N) is 1. The van der Waals surface area contributed by atoms with Gasteiger partial charge in [-0.05, 0) is 31.3 Å². The second-order valence-electron chi connectivity index (χ2n) is 3.64. The van der Waals surface area contributed by atoms with Crippen LogP contribution >= 0.6 is 11.8 Å². The Morgan fingerprint density at radius 2 is 2.20 bits per heavy atom. The van der Waals surface area contributed by atoms with E-state index in [1.165, 1.54) is 7.11 Å². The molecule has 1 aliphatic rings. The van der Waals surface area contributed by atoms with Gasteiger partial charge < -0.3 is 10.1 Å². The van der Waals surface area contributed by atoms with Gasteiger partial charge in [0.15, 0.2) is 0 Å². The van der Waals surface area contributed by atoms with Crippen LogP contribution in [0.15, 0.2) is 0 Å². The summed E-state index contributed by atoms with van der Waals surface area (Å²) in [6.07, 6.45) is 4.49. The van der Waals surface area contributed by atoms with Gasteiger partial charge in [0.1, 0.15) is 6.04 Å². The van der Waals surface area contributed by atoms with Crippen LogP contribution in [0.2, 0.25) is 0 Å². The van der Waals surface area contributed by atoms with Gasteiger partial charge in [0.05, 0.1) is 7.11 Å². The molecule has 86 valence electrons. The SMILES string of the molecule is COC(=O)[C@H](CCSC)NC(=O)C1CC1. The molecule has 0 aliphatic heterocycles. The number of rotatable bonds is 6. The first-order valence-electron chi connectivity index (χ1n) is 5.06. The molecule has 1 N–H and O–H groups in total. The third kappa shape index (κ3) is 4.11. The van der Waals surface area contributed by atoms with E-state index in [4.69, 9.17) is 0 Å². The molecule has 1 saturated carbocycles. The van der Waals surface area contributed by atoms with Gasteiger partial charge >= 0.3 is 5.97 Å². The fourth-order valence-corrected chi connectivity index (χ4v) is 1.73. The number of methoxy groups -OCH3 is 1. The average Bonchev–Trinajstić information content (AvgIpc) is 3.06. The Morgan fingerprint density at radius 3 is 2.67 bits per heavy atom. The van der Waals surface area contributed by atoms with Crippen molar-refractivity contribution in [2.45, 2.75) is 25.3 Å². The lowest BCUT2D eigenvalue weighted by Gasteiger charge is -2.15. The quantitative estimate of drug-likeness (QED) is 0.687. The molecule has 1 fully saturated rings. The molecule has 0 spiro atoms. The van der Waals surface area contributed by atoms with Crippen LogP contribution in [-0.4, -0.2) is 37.0 Å². The normalized spacial score (nSPS) is 16.9. The highest BCUT2D eigenvalue weighted by Gasteiger charge is 2.32. The maximum atomic E-state index is 11.5. The molecule has 4 nitrogen and oxygen atoms in total. The molecule has 1 atom stereocenters. The van der Waals surface area contributed by atoms with Crippen molar-refractivity contribution in [1.29, 1.82) is 0 Å². The predicted octanol–water partition coefficient (Wildman–Crippen LogP) is 0.807. The highest BCUT2D eigenvalue weighted by atomic mass is 32.2. The minimum atomic E-state index is -0.476. The van der Waals surface area contributed by atoms with Crippen molar-refractivity contribution in [3.63, 3.8) is 0 Å². The van der Waals surface area contributed by atoms with E-state index in [9.17, 15) is 9.59 Å². The fourth-order valence-electron chi connectivity index (χ4n) is 1.26. The van der Waals surface area contributed by atoms with Gasteiger partial charge in [-0.1, -0.05) is 0 Å². The Labute approximate surface area is 94.1 Å². The average molecular weight is 231 g/mol. The Balaban J connectivity index is 2.39. The second-order valence-corrected chi connectivity index (χ2v) is 4.63. The van der Waals surface area contributed by atoms with E-state index in [-0.39, 0.29) is 17.8 Å². The zero-order valence-electron chi connectivity index (χ0n) is 9.12.